The maximum absolute atomic E-state index is 13.7. The first kappa shape index (κ1) is 20.3. The van der Waals surface area contributed by atoms with Gasteiger partial charge in [0.25, 0.3) is 0 Å². The summed E-state index contributed by atoms with van der Waals surface area (Å²) >= 11 is 6.48. The number of nitrogens with one attached hydrogen (secondary N) is 1. The van der Waals surface area contributed by atoms with Crippen LogP contribution in [0.3, 0.4) is 0 Å². The van der Waals surface area contributed by atoms with E-state index < -0.39 is 11.5 Å². The number of benzene rings is 2. The Bertz CT molecular complexity index is 1050. The smallest absolute Gasteiger partial charge is 0.220 e. The van der Waals surface area contributed by atoms with E-state index in [-0.39, 0.29) is 34.3 Å². The molecule has 1 spiro atoms. The highest BCUT2D eigenvalue weighted by Crippen LogP contribution is 2.54. The largest absolute Gasteiger partial charge is 0.496 e. The SMILES string of the molecule is COc1cc(OC)c2c(c1Cl)O[C@]1(C2=O)C(NCc2ccccc2)=CC(=O)C[C@H]1C. The molecule has 4 rings (SSSR count). The van der Waals surface area contributed by atoms with Crippen LogP contribution in [0.1, 0.15) is 29.3 Å². The van der Waals surface area contributed by atoms with Gasteiger partial charge < -0.3 is 19.5 Å². The lowest BCUT2D eigenvalue weighted by atomic mass is 9.74. The van der Waals surface area contributed by atoms with E-state index in [1.54, 1.807) is 6.07 Å². The molecule has 7 heteroatoms. The van der Waals surface area contributed by atoms with Crippen molar-refractivity contribution in [2.24, 2.45) is 5.92 Å². The van der Waals surface area contributed by atoms with Crippen LogP contribution in [0.4, 0.5) is 0 Å². The van der Waals surface area contributed by atoms with Crippen molar-refractivity contribution < 1.29 is 23.8 Å². The zero-order chi connectivity index (χ0) is 21.5. The molecule has 6 nitrogen and oxygen atoms in total. The number of carbonyl (C=O) groups is 2. The second-order valence-electron chi connectivity index (χ2n) is 7.43. The van der Waals surface area contributed by atoms with Gasteiger partial charge in [-0.15, -0.1) is 0 Å². The van der Waals surface area contributed by atoms with Gasteiger partial charge in [0.05, 0.1) is 19.9 Å². The number of allylic oxidation sites excluding steroid dienone is 1. The summed E-state index contributed by atoms with van der Waals surface area (Å²) in [6.45, 7) is 2.27. The Morgan fingerprint density at radius 1 is 1.17 bits per heavy atom. The fraction of sp³-hybridized carbons (Fsp3) is 0.304. The molecule has 2 atom stereocenters. The van der Waals surface area contributed by atoms with Crippen LogP contribution in [0.2, 0.25) is 5.02 Å². The van der Waals surface area contributed by atoms with E-state index in [1.165, 1.54) is 20.3 Å². The molecule has 30 heavy (non-hydrogen) atoms. The Balaban J connectivity index is 1.80. The molecular formula is C23H22ClNO5. The third-order valence-electron chi connectivity index (χ3n) is 5.65. The third kappa shape index (κ3) is 3.03. The Hall–Kier alpha value is -2.99. The first-order valence-corrected chi connectivity index (χ1v) is 10.0. The van der Waals surface area contributed by atoms with Crippen LogP contribution in [-0.2, 0) is 11.3 Å². The molecule has 0 fully saturated rings. The molecular weight excluding hydrogens is 406 g/mol. The van der Waals surface area contributed by atoms with Gasteiger partial charge in [0.15, 0.2) is 11.5 Å². The molecule has 0 saturated carbocycles. The van der Waals surface area contributed by atoms with Crippen molar-refractivity contribution in [1.82, 2.24) is 5.32 Å². The second-order valence-corrected chi connectivity index (χ2v) is 7.81. The molecule has 2 aromatic carbocycles. The van der Waals surface area contributed by atoms with Gasteiger partial charge in [-0.3, -0.25) is 9.59 Å². The number of Topliss-reactive ketones (excluding diaryl/α,β-unsaturated/α-hetero) is 1. The van der Waals surface area contributed by atoms with E-state index in [9.17, 15) is 9.59 Å². The van der Waals surface area contributed by atoms with Crippen molar-refractivity contribution in [2.45, 2.75) is 25.5 Å². The maximum atomic E-state index is 13.7. The van der Waals surface area contributed by atoms with E-state index >= 15 is 0 Å². The van der Waals surface area contributed by atoms with Gasteiger partial charge in [-0.1, -0.05) is 48.9 Å². The standard InChI is InChI=1S/C23H22ClNO5/c1-13-9-15(26)10-18(25-12-14-7-5-4-6-8-14)23(13)22(27)19-16(28-2)11-17(29-3)20(24)21(19)30-23/h4-8,10-11,13,25H,9,12H2,1-3H3/t13-,23+/m1/s1. The molecule has 2 aromatic rings. The number of carbonyl (C=O) groups excluding carboxylic acids is 2. The molecule has 1 aliphatic carbocycles. The quantitative estimate of drug-likeness (QED) is 0.778. The van der Waals surface area contributed by atoms with Gasteiger partial charge in [0, 0.05) is 31.0 Å². The Morgan fingerprint density at radius 3 is 2.53 bits per heavy atom. The van der Waals surface area contributed by atoms with Crippen molar-refractivity contribution in [1.29, 1.82) is 0 Å². The summed E-state index contributed by atoms with van der Waals surface area (Å²) in [4.78, 5) is 26.1. The number of fused-ring (bicyclic) bond motifs is 1. The molecule has 0 aromatic heterocycles. The molecule has 156 valence electrons. The first-order valence-electron chi connectivity index (χ1n) is 9.63. The van der Waals surface area contributed by atoms with Crippen molar-refractivity contribution in [3.8, 4) is 17.2 Å². The number of hydrogen-bond acceptors (Lipinski definition) is 6. The highest BCUT2D eigenvalue weighted by Gasteiger charge is 2.58. The van der Waals surface area contributed by atoms with Crippen molar-refractivity contribution >= 4 is 23.2 Å². The van der Waals surface area contributed by atoms with Gasteiger partial charge >= 0.3 is 0 Å². The molecule has 2 aliphatic rings. The van der Waals surface area contributed by atoms with Crippen LogP contribution in [-0.4, -0.2) is 31.4 Å². The van der Waals surface area contributed by atoms with Gasteiger partial charge in [0.2, 0.25) is 11.4 Å². The number of ether oxygens (including phenoxy) is 3. The molecule has 0 unspecified atom stereocenters. The number of hydrogen-bond donors (Lipinski definition) is 1. The zero-order valence-electron chi connectivity index (χ0n) is 17.0. The molecule has 0 amide bonds. The number of ketones is 2. The number of methoxy groups -OCH3 is 2. The summed E-state index contributed by atoms with van der Waals surface area (Å²) in [6, 6.07) is 11.3. The molecule has 1 aliphatic heterocycles. The van der Waals surface area contributed by atoms with E-state index in [2.05, 4.69) is 5.32 Å². The van der Waals surface area contributed by atoms with Crippen LogP contribution in [0, 0.1) is 5.92 Å². The van der Waals surface area contributed by atoms with Gasteiger partial charge in [-0.25, -0.2) is 0 Å². The second kappa shape index (κ2) is 7.69. The predicted molar refractivity (Wildman–Crippen MR) is 112 cm³/mol. The van der Waals surface area contributed by atoms with E-state index in [0.717, 1.165) is 5.56 Å². The zero-order valence-corrected chi connectivity index (χ0v) is 17.7. The van der Waals surface area contributed by atoms with Crippen molar-refractivity contribution in [3.05, 3.63) is 64.3 Å². The molecule has 0 radical (unpaired) electrons. The minimum absolute atomic E-state index is 0.0633. The van der Waals surface area contributed by atoms with Crippen LogP contribution < -0.4 is 19.5 Å². The van der Waals surface area contributed by atoms with Crippen LogP contribution in [0.25, 0.3) is 0 Å². The molecule has 1 heterocycles. The number of rotatable bonds is 5. The first-order chi connectivity index (χ1) is 14.4. The lowest BCUT2D eigenvalue weighted by Gasteiger charge is -2.38. The van der Waals surface area contributed by atoms with Crippen LogP contribution in [0.5, 0.6) is 17.2 Å². The highest BCUT2D eigenvalue weighted by atomic mass is 35.5. The maximum Gasteiger partial charge on any atom is 0.220 e. The van der Waals surface area contributed by atoms with Crippen molar-refractivity contribution in [2.75, 3.05) is 14.2 Å². The van der Waals surface area contributed by atoms with Crippen LogP contribution >= 0.6 is 11.6 Å². The molecule has 0 saturated heterocycles. The Labute approximate surface area is 179 Å². The van der Waals surface area contributed by atoms with Gasteiger partial charge in [-0.05, 0) is 5.56 Å². The van der Waals surface area contributed by atoms with E-state index in [0.29, 0.717) is 23.7 Å². The summed E-state index contributed by atoms with van der Waals surface area (Å²) in [7, 11) is 2.95. The summed E-state index contributed by atoms with van der Waals surface area (Å²) in [5.74, 6) is 0.128. The lowest BCUT2D eigenvalue weighted by molar-refractivity contribution is -0.117. The van der Waals surface area contributed by atoms with Crippen LogP contribution in [0.15, 0.2) is 48.2 Å². The molecule has 1 N–H and O–H groups in total. The summed E-state index contributed by atoms with van der Waals surface area (Å²) in [5.41, 5.74) is 0.318. The third-order valence-corrected chi connectivity index (χ3v) is 6.01. The fourth-order valence-electron chi connectivity index (χ4n) is 4.12. The predicted octanol–water partition coefficient (Wildman–Crippen LogP) is 3.95. The average Bonchev–Trinajstić information content (AvgIpc) is 3.06. The topological polar surface area (TPSA) is 73.9 Å². The average molecular weight is 428 g/mol. The summed E-state index contributed by atoms with van der Waals surface area (Å²) in [6.07, 6.45) is 1.65. The van der Waals surface area contributed by atoms with E-state index in [4.69, 9.17) is 25.8 Å². The minimum Gasteiger partial charge on any atom is -0.496 e. The lowest BCUT2D eigenvalue weighted by Crippen LogP contribution is -2.54. The highest BCUT2D eigenvalue weighted by molar-refractivity contribution is 6.35. The number of halogens is 1. The van der Waals surface area contributed by atoms with Crippen molar-refractivity contribution in [3.63, 3.8) is 0 Å². The fourth-order valence-corrected chi connectivity index (χ4v) is 4.38. The van der Waals surface area contributed by atoms with Gasteiger partial charge in [0.1, 0.15) is 22.1 Å². The minimum atomic E-state index is -1.38. The summed E-state index contributed by atoms with van der Waals surface area (Å²) in [5, 5.41) is 3.46. The Morgan fingerprint density at radius 2 is 1.87 bits per heavy atom. The van der Waals surface area contributed by atoms with E-state index in [1.807, 2.05) is 37.3 Å². The normalized spacial score (nSPS) is 22.4. The molecule has 0 bridgehead atoms. The summed E-state index contributed by atoms with van der Waals surface area (Å²) < 4.78 is 17.0. The van der Waals surface area contributed by atoms with Gasteiger partial charge in [-0.2, -0.15) is 0 Å². The Kier molecular flexibility index (Phi) is 5.20. The monoisotopic (exact) mass is 427 g/mol.